The molecule has 1 aliphatic rings. The SMILES string of the molecule is CC(C)(C)[Si](C)(C)Oc1ccc(F)cc1C1CCON1. The third kappa shape index (κ3) is 3.21. The Morgan fingerprint density at radius 3 is 2.60 bits per heavy atom. The van der Waals surface area contributed by atoms with Crippen molar-refractivity contribution in [2.75, 3.05) is 6.61 Å². The molecule has 3 nitrogen and oxygen atoms in total. The zero-order chi connectivity index (χ0) is 15.0. The summed E-state index contributed by atoms with van der Waals surface area (Å²) in [5.41, 5.74) is 3.79. The lowest BCUT2D eigenvalue weighted by molar-refractivity contribution is 0.0879. The van der Waals surface area contributed by atoms with Crippen molar-refractivity contribution in [2.24, 2.45) is 0 Å². The smallest absolute Gasteiger partial charge is 0.250 e. The number of hydrogen-bond donors (Lipinski definition) is 1. The highest BCUT2D eigenvalue weighted by molar-refractivity contribution is 6.74. The van der Waals surface area contributed by atoms with Gasteiger partial charge >= 0.3 is 0 Å². The Morgan fingerprint density at radius 2 is 2.05 bits per heavy atom. The molecule has 112 valence electrons. The zero-order valence-corrected chi connectivity index (χ0v) is 13.9. The monoisotopic (exact) mass is 297 g/mol. The van der Waals surface area contributed by atoms with Gasteiger partial charge in [0.15, 0.2) is 0 Å². The normalized spacial score (nSPS) is 20.2. The minimum absolute atomic E-state index is 0.00506. The highest BCUT2D eigenvalue weighted by Crippen LogP contribution is 2.40. The Morgan fingerprint density at radius 1 is 1.35 bits per heavy atom. The molecule has 0 amide bonds. The highest BCUT2D eigenvalue weighted by Gasteiger charge is 2.39. The van der Waals surface area contributed by atoms with Crippen LogP contribution >= 0.6 is 0 Å². The second-order valence-electron chi connectivity index (χ2n) is 6.85. The van der Waals surface area contributed by atoms with Gasteiger partial charge in [0, 0.05) is 5.56 Å². The van der Waals surface area contributed by atoms with E-state index in [1.165, 1.54) is 6.07 Å². The van der Waals surface area contributed by atoms with Crippen molar-refractivity contribution >= 4 is 8.32 Å². The topological polar surface area (TPSA) is 30.5 Å². The van der Waals surface area contributed by atoms with Crippen LogP contribution in [0.25, 0.3) is 0 Å². The van der Waals surface area contributed by atoms with Gasteiger partial charge < -0.3 is 9.26 Å². The summed E-state index contributed by atoms with van der Waals surface area (Å²) in [4.78, 5) is 5.19. The number of nitrogens with one attached hydrogen (secondary N) is 1. The fourth-order valence-corrected chi connectivity index (χ4v) is 2.97. The van der Waals surface area contributed by atoms with E-state index < -0.39 is 8.32 Å². The quantitative estimate of drug-likeness (QED) is 0.849. The van der Waals surface area contributed by atoms with Crippen LogP contribution in [0.2, 0.25) is 18.1 Å². The third-order valence-electron chi connectivity index (χ3n) is 4.25. The van der Waals surface area contributed by atoms with Crippen LogP contribution in [-0.4, -0.2) is 14.9 Å². The summed E-state index contributed by atoms with van der Waals surface area (Å²) in [7, 11) is -1.94. The fourth-order valence-electron chi connectivity index (χ4n) is 1.93. The largest absolute Gasteiger partial charge is 0.543 e. The Bertz CT molecular complexity index is 479. The number of hydrogen-bond acceptors (Lipinski definition) is 3. The van der Waals surface area contributed by atoms with Gasteiger partial charge in [-0.1, -0.05) is 20.8 Å². The molecular formula is C15H24FNO2Si. The predicted molar refractivity (Wildman–Crippen MR) is 80.7 cm³/mol. The minimum atomic E-state index is -1.94. The molecule has 1 fully saturated rings. The van der Waals surface area contributed by atoms with Crippen LogP contribution < -0.4 is 9.91 Å². The first-order chi connectivity index (χ1) is 9.21. The van der Waals surface area contributed by atoms with E-state index in [9.17, 15) is 4.39 Å². The minimum Gasteiger partial charge on any atom is -0.543 e. The third-order valence-corrected chi connectivity index (χ3v) is 8.60. The molecule has 0 aromatic heterocycles. The first-order valence-corrected chi connectivity index (χ1v) is 9.97. The van der Waals surface area contributed by atoms with Gasteiger partial charge in [-0.2, -0.15) is 5.48 Å². The van der Waals surface area contributed by atoms with E-state index in [1.54, 1.807) is 12.1 Å². The number of halogens is 1. The molecule has 0 bridgehead atoms. The fraction of sp³-hybridized carbons (Fsp3) is 0.600. The summed E-state index contributed by atoms with van der Waals surface area (Å²) >= 11 is 0. The standard InChI is InChI=1S/C15H24FNO2Si/c1-15(2,3)20(4,5)19-14-7-6-11(16)10-12(14)13-8-9-18-17-13/h6-7,10,13,17H,8-9H2,1-5H3. The molecule has 1 aromatic carbocycles. The van der Waals surface area contributed by atoms with Gasteiger partial charge in [0.05, 0.1) is 12.6 Å². The van der Waals surface area contributed by atoms with Gasteiger partial charge in [-0.05, 0) is 42.8 Å². The van der Waals surface area contributed by atoms with E-state index in [0.717, 1.165) is 17.7 Å². The molecular weight excluding hydrogens is 273 g/mol. The average molecular weight is 297 g/mol. The van der Waals surface area contributed by atoms with Crippen molar-refractivity contribution in [1.82, 2.24) is 5.48 Å². The van der Waals surface area contributed by atoms with E-state index in [-0.39, 0.29) is 16.9 Å². The van der Waals surface area contributed by atoms with E-state index in [1.807, 2.05) is 0 Å². The lowest BCUT2D eigenvalue weighted by Gasteiger charge is -2.37. The Hall–Kier alpha value is -0.913. The van der Waals surface area contributed by atoms with Gasteiger partial charge in [-0.15, -0.1) is 0 Å². The van der Waals surface area contributed by atoms with Crippen LogP contribution in [0.15, 0.2) is 18.2 Å². The predicted octanol–water partition coefficient (Wildman–Crippen LogP) is 4.18. The molecule has 0 spiro atoms. The first kappa shape index (κ1) is 15.5. The Labute approximate surface area is 121 Å². The Kier molecular flexibility index (Phi) is 4.23. The number of benzene rings is 1. The number of rotatable bonds is 3. The van der Waals surface area contributed by atoms with Gasteiger partial charge in [0.2, 0.25) is 8.32 Å². The molecule has 0 saturated carbocycles. The Balaban J connectivity index is 2.32. The molecule has 20 heavy (non-hydrogen) atoms. The van der Waals surface area contributed by atoms with Crippen molar-refractivity contribution in [3.63, 3.8) is 0 Å². The van der Waals surface area contributed by atoms with Crippen molar-refractivity contribution in [3.8, 4) is 5.75 Å². The average Bonchev–Trinajstić information content (AvgIpc) is 2.83. The highest BCUT2D eigenvalue weighted by atomic mass is 28.4. The maximum Gasteiger partial charge on any atom is 0.250 e. The second-order valence-corrected chi connectivity index (χ2v) is 11.6. The first-order valence-electron chi connectivity index (χ1n) is 7.06. The van der Waals surface area contributed by atoms with Gasteiger partial charge in [-0.25, -0.2) is 4.39 Å². The summed E-state index contributed by atoms with van der Waals surface area (Å²) < 4.78 is 19.9. The van der Waals surface area contributed by atoms with Crippen molar-refractivity contribution < 1.29 is 13.7 Å². The molecule has 1 aromatic rings. The van der Waals surface area contributed by atoms with E-state index in [4.69, 9.17) is 9.26 Å². The van der Waals surface area contributed by atoms with Crippen LogP contribution in [0.5, 0.6) is 5.75 Å². The van der Waals surface area contributed by atoms with Crippen LogP contribution in [-0.2, 0) is 4.84 Å². The summed E-state index contributed by atoms with van der Waals surface area (Å²) in [6.45, 7) is 11.6. The van der Waals surface area contributed by atoms with Crippen molar-refractivity contribution in [1.29, 1.82) is 0 Å². The molecule has 2 rings (SSSR count). The number of hydroxylamine groups is 1. The van der Waals surface area contributed by atoms with Gasteiger partial charge in [-0.3, -0.25) is 0 Å². The van der Waals surface area contributed by atoms with E-state index in [0.29, 0.717) is 6.61 Å². The molecule has 5 heteroatoms. The van der Waals surface area contributed by atoms with E-state index in [2.05, 4.69) is 39.3 Å². The molecule has 1 atom stereocenters. The second kappa shape index (κ2) is 5.46. The van der Waals surface area contributed by atoms with Crippen molar-refractivity contribution in [2.45, 2.75) is 51.4 Å². The van der Waals surface area contributed by atoms with Crippen molar-refractivity contribution in [3.05, 3.63) is 29.6 Å². The lowest BCUT2D eigenvalue weighted by atomic mass is 10.0. The van der Waals surface area contributed by atoms with Crippen LogP contribution in [0.4, 0.5) is 4.39 Å². The maximum absolute atomic E-state index is 13.6. The van der Waals surface area contributed by atoms with Crippen LogP contribution in [0.3, 0.4) is 0 Å². The molecule has 1 unspecified atom stereocenters. The van der Waals surface area contributed by atoms with Gasteiger partial charge in [0.25, 0.3) is 0 Å². The molecule has 1 N–H and O–H groups in total. The lowest BCUT2D eigenvalue weighted by Crippen LogP contribution is -2.44. The summed E-state index contributed by atoms with van der Waals surface area (Å²) in [6, 6.07) is 4.76. The summed E-state index contributed by atoms with van der Waals surface area (Å²) in [6.07, 6.45) is 0.831. The summed E-state index contributed by atoms with van der Waals surface area (Å²) in [5, 5.41) is 0.109. The van der Waals surface area contributed by atoms with Crippen LogP contribution in [0, 0.1) is 5.82 Å². The summed E-state index contributed by atoms with van der Waals surface area (Å²) in [5.74, 6) is 0.539. The molecule has 0 radical (unpaired) electrons. The zero-order valence-electron chi connectivity index (χ0n) is 12.9. The molecule has 0 aliphatic carbocycles. The maximum atomic E-state index is 13.6. The van der Waals surface area contributed by atoms with Gasteiger partial charge in [0.1, 0.15) is 11.6 Å². The molecule has 1 saturated heterocycles. The molecule has 1 heterocycles. The molecule has 1 aliphatic heterocycles. The van der Waals surface area contributed by atoms with E-state index >= 15 is 0 Å². The van der Waals surface area contributed by atoms with Crippen LogP contribution in [0.1, 0.15) is 38.8 Å².